The maximum absolute atomic E-state index is 12.9. The molecule has 2 fully saturated rings. The molecule has 0 aliphatic carbocycles. The van der Waals surface area contributed by atoms with Crippen LogP contribution in [0.1, 0.15) is 24.8 Å². The first-order valence-electron chi connectivity index (χ1n) is 7.44. The van der Waals surface area contributed by atoms with Gasteiger partial charge in [0.2, 0.25) is 5.91 Å². The molecule has 108 valence electrons. The number of hydrogen-bond acceptors (Lipinski definition) is 2. The van der Waals surface area contributed by atoms with Gasteiger partial charge in [-0.25, -0.2) is 4.39 Å². The van der Waals surface area contributed by atoms with Crippen LogP contribution in [-0.2, 0) is 11.3 Å². The Morgan fingerprint density at radius 1 is 1.20 bits per heavy atom. The van der Waals surface area contributed by atoms with Gasteiger partial charge in [0.25, 0.3) is 0 Å². The smallest absolute Gasteiger partial charge is 0.220 e. The van der Waals surface area contributed by atoms with Gasteiger partial charge in [0, 0.05) is 26.1 Å². The first-order chi connectivity index (χ1) is 9.70. The molecule has 2 aliphatic rings. The molecule has 2 heterocycles. The number of halogens is 1. The van der Waals surface area contributed by atoms with Crippen molar-refractivity contribution >= 4 is 5.91 Å². The molecular weight excluding hydrogens is 255 g/mol. The molecule has 1 aromatic rings. The number of carbonyl (C=O) groups excluding carboxylic acids is 1. The third-order valence-corrected chi connectivity index (χ3v) is 4.58. The van der Waals surface area contributed by atoms with E-state index in [1.165, 1.54) is 12.1 Å². The molecule has 1 amide bonds. The Bertz CT molecular complexity index is 474. The summed E-state index contributed by atoms with van der Waals surface area (Å²) in [5.41, 5.74) is 1.16. The van der Waals surface area contributed by atoms with Crippen LogP contribution in [0.25, 0.3) is 0 Å². The van der Waals surface area contributed by atoms with Gasteiger partial charge in [-0.2, -0.15) is 0 Å². The van der Waals surface area contributed by atoms with E-state index in [1.807, 2.05) is 12.1 Å². The van der Waals surface area contributed by atoms with Crippen LogP contribution in [0.4, 0.5) is 4.39 Å². The predicted molar refractivity (Wildman–Crippen MR) is 75.5 cm³/mol. The number of fused-ring (bicyclic) bond motifs is 1. The van der Waals surface area contributed by atoms with Gasteiger partial charge in [-0.15, -0.1) is 0 Å². The summed E-state index contributed by atoms with van der Waals surface area (Å²) in [6, 6.07) is 6.77. The lowest BCUT2D eigenvalue weighted by Gasteiger charge is -2.37. The molecule has 1 N–H and O–H groups in total. The minimum Gasteiger partial charge on any atom is -0.356 e. The summed E-state index contributed by atoms with van der Waals surface area (Å²) in [6.45, 7) is 3.78. The van der Waals surface area contributed by atoms with E-state index < -0.39 is 0 Å². The van der Waals surface area contributed by atoms with Crippen LogP contribution in [0.15, 0.2) is 24.3 Å². The lowest BCUT2D eigenvalue weighted by molar-refractivity contribution is -0.121. The van der Waals surface area contributed by atoms with E-state index in [4.69, 9.17) is 0 Å². The van der Waals surface area contributed by atoms with Crippen LogP contribution in [0.2, 0.25) is 0 Å². The Balaban J connectivity index is 1.60. The Labute approximate surface area is 119 Å². The number of hydrogen-bond donors (Lipinski definition) is 1. The molecule has 2 saturated heterocycles. The third-order valence-electron chi connectivity index (χ3n) is 4.58. The van der Waals surface area contributed by atoms with E-state index in [1.54, 1.807) is 0 Å². The highest BCUT2D eigenvalue weighted by Gasteiger charge is 2.32. The molecule has 0 aromatic heterocycles. The van der Waals surface area contributed by atoms with Crippen molar-refractivity contribution in [3.8, 4) is 0 Å². The number of benzene rings is 1. The van der Waals surface area contributed by atoms with Crippen LogP contribution in [0, 0.1) is 17.7 Å². The van der Waals surface area contributed by atoms with Gasteiger partial charge >= 0.3 is 0 Å². The quantitative estimate of drug-likeness (QED) is 0.898. The second kappa shape index (κ2) is 5.92. The summed E-state index contributed by atoms with van der Waals surface area (Å²) >= 11 is 0. The first kappa shape index (κ1) is 13.6. The summed E-state index contributed by atoms with van der Waals surface area (Å²) in [5.74, 6) is 1.19. The van der Waals surface area contributed by atoms with E-state index >= 15 is 0 Å². The molecule has 0 radical (unpaired) electrons. The molecule has 0 spiro atoms. The Morgan fingerprint density at radius 2 is 2.00 bits per heavy atom. The standard InChI is InChI=1S/C16H21FN2O/c17-15-3-1-12(2-4-15)10-19-8-6-13-9-16(20)18-7-5-14(13)11-19/h1-4,13-14H,5-11H2,(H,18,20). The number of nitrogens with one attached hydrogen (secondary N) is 1. The topological polar surface area (TPSA) is 32.3 Å². The van der Waals surface area contributed by atoms with E-state index in [0.717, 1.165) is 44.6 Å². The molecule has 1 aromatic carbocycles. The maximum atomic E-state index is 12.9. The first-order valence-corrected chi connectivity index (χ1v) is 7.44. The molecule has 2 unspecified atom stereocenters. The summed E-state index contributed by atoms with van der Waals surface area (Å²) in [7, 11) is 0. The second-order valence-electron chi connectivity index (χ2n) is 6.01. The van der Waals surface area contributed by atoms with Gasteiger partial charge in [-0.1, -0.05) is 12.1 Å². The average Bonchev–Trinajstić information content (AvgIpc) is 2.62. The molecule has 0 bridgehead atoms. The molecule has 20 heavy (non-hydrogen) atoms. The number of likely N-dealkylation sites (tertiary alicyclic amines) is 1. The van der Waals surface area contributed by atoms with Crippen molar-refractivity contribution in [1.82, 2.24) is 10.2 Å². The largest absolute Gasteiger partial charge is 0.356 e. The van der Waals surface area contributed by atoms with Crippen LogP contribution in [0.3, 0.4) is 0 Å². The van der Waals surface area contributed by atoms with Gasteiger partial charge in [0.1, 0.15) is 5.82 Å². The van der Waals surface area contributed by atoms with Crippen molar-refractivity contribution in [3.63, 3.8) is 0 Å². The molecule has 3 rings (SSSR count). The van der Waals surface area contributed by atoms with Gasteiger partial charge in [0.05, 0.1) is 0 Å². The van der Waals surface area contributed by atoms with E-state index in [-0.39, 0.29) is 11.7 Å². The van der Waals surface area contributed by atoms with Gasteiger partial charge < -0.3 is 5.32 Å². The zero-order valence-electron chi connectivity index (χ0n) is 11.6. The van der Waals surface area contributed by atoms with Gasteiger partial charge in [-0.05, 0) is 48.9 Å². The van der Waals surface area contributed by atoms with Crippen molar-refractivity contribution in [2.75, 3.05) is 19.6 Å². The summed E-state index contributed by atoms with van der Waals surface area (Å²) in [4.78, 5) is 14.0. The fraction of sp³-hybridized carbons (Fsp3) is 0.562. The average molecular weight is 276 g/mol. The minimum absolute atomic E-state index is 0.180. The number of carbonyl (C=O) groups is 1. The van der Waals surface area contributed by atoms with Crippen molar-refractivity contribution < 1.29 is 9.18 Å². The Kier molecular flexibility index (Phi) is 4.01. The fourth-order valence-corrected chi connectivity index (χ4v) is 3.45. The van der Waals surface area contributed by atoms with Crippen molar-refractivity contribution in [2.24, 2.45) is 11.8 Å². The lowest BCUT2D eigenvalue weighted by atomic mass is 9.82. The molecule has 0 saturated carbocycles. The van der Waals surface area contributed by atoms with E-state index in [2.05, 4.69) is 10.2 Å². The van der Waals surface area contributed by atoms with Crippen molar-refractivity contribution in [1.29, 1.82) is 0 Å². The van der Waals surface area contributed by atoms with Gasteiger partial charge in [0.15, 0.2) is 0 Å². The highest BCUT2D eigenvalue weighted by atomic mass is 19.1. The summed E-state index contributed by atoms with van der Waals surface area (Å²) in [5, 5.41) is 2.97. The van der Waals surface area contributed by atoms with Crippen LogP contribution in [-0.4, -0.2) is 30.4 Å². The highest BCUT2D eigenvalue weighted by molar-refractivity contribution is 5.76. The predicted octanol–water partition coefficient (Wildman–Crippen LogP) is 2.17. The Hall–Kier alpha value is -1.42. The SMILES string of the molecule is O=C1CC2CCN(Cc3ccc(F)cc3)CC2CCN1. The monoisotopic (exact) mass is 276 g/mol. The molecule has 2 atom stereocenters. The van der Waals surface area contributed by atoms with Crippen molar-refractivity contribution in [3.05, 3.63) is 35.6 Å². The van der Waals surface area contributed by atoms with Crippen LogP contribution < -0.4 is 5.32 Å². The van der Waals surface area contributed by atoms with Gasteiger partial charge in [-0.3, -0.25) is 9.69 Å². The second-order valence-corrected chi connectivity index (χ2v) is 6.01. The zero-order chi connectivity index (χ0) is 13.9. The molecular formula is C16H21FN2O. The maximum Gasteiger partial charge on any atom is 0.220 e. The lowest BCUT2D eigenvalue weighted by Crippen LogP contribution is -2.40. The summed E-state index contributed by atoms with van der Waals surface area (Å²) < 4.78 is 12.9. The number of amides is 1. The highest BCUT2D eigenvalue weighted by Crippen LogP contribution is 2.31. The molecule has 3 nitrogen and oxygen atoms in total. The third kappa shape index (κ3) is 3.18. The minimum atomic E-state index is -0.180. The molecule has 2 aliphatic heterocycles. The van der Waals surface area contributed by atoms with Crippen LogP contribution in [0.5, 0.6) is 0 Å². The van der Waals surface area contributed by atoms with Crippen LogP contribution >= 0.6 is 0 Å². The number of piperidine rings is 1. The Morgan fingerprint density at radius 3 is 2.80 bits per heavy atom. The zero-order valence-corrected chi connectivity index (χ0v) is 11.6. The number of nitrogens with zero attached hydrogens (tertiary/aromatic N) is 1. The van der Waals surface area contributed by atoms with Crippen molar-refractivity contribution in [2.45, 2.75) is 25.8 Å². The fourth-order valence-electron chi connectivity index (χ4n) is 3.45. The normalized spacial score (nSPS) is 27.6. The van der Waals surface area contributed by atoms with E-state index in [0.29, 0.717) is 18.3 Å². The van der Waals surface area contributed by atoms with E-state index in [9.17, 15) is 9.18 Å². The summed E-state index contributed by atoms with van der Waals surface area (Å²) in [6.07, 6.45) is 2.87. The molecule has 4 heteroatoms. The number of rotatable bonds is 2.